The topological polar surface area (TPSA) is 69.6 Å². The fourth-order valence-electron chi connectivity index (χ4n) is 2.01. The molecule has 0 radical (unpaired) electrons. The molecule has 16 heavy (non-hydrogen) atoms. The molecule has 5 nitrogen and oxygen atoms in total. The third kappa shape index (κ3) is 3.72. The van der Waals surface area contributed by atoms with Crippen LogP contribution in [0.2, 0.25) is 0 Å². The summed E-state index contributed by atoms with van der Waals surface area (Å²) in [6, 6.07) is -0.203. The number of carboxylic acids is 1. The molecule has 0 aromatic rings. The summed E-state index contributed by atoms with van der Waals surface area (Å²) in [5.74, 6) is -0.889. The van der Waals surface area contributed by atoms with Crippen LogP contribution in [-0.2, 0) is 4.79 Å². The van der Waals surface area contributed by atoms with Crippen molar-refractivity contribution >= 4 is 12.0 Å². The van der Waals surface area contributed by atoms with Gasteiger partial charge in [0, 0.05) is 18.6 Å². The van der Waals surface area contributed by atoms with E-state index in [9.17, 15) is 9.59 Å². The average molecular weight is 228 g/mol. The van der Waals surface area contributed by atoms with Gasteiger partial charge in [-0.15, -0.1) is 0 Å². The second-order valence-corrected chi connectivity index (χ2v) is 4.49. The fraction of sp³-hybridized carbons (Fsp3) is 0.818. The van der Waals surface area contributed by atoms with Crippen molar-refractivity contribution < 1.29 is 14.7 Å². The van der Waals surface area contributed by atoms with Crippen LogP contribution in [0.1, 0.15) is 39.5 Å². The highest BCUT2D eigenvalue weighted by Gasteiger charge is 2.24. The molecule has 0 spiro atoms. The lowest BCUT2D eigenvalue weighted by atomic mass is 10.0. The number of nitrogens with one attached hydrogen (secondary N) is 1. The van der Waals surface area contributed by atoms with Crippen LogP contribution in [-0.4, -0.2) is 40.6 Å². The maximum Gasteiger partial charge on any atom is 0.317 e. The van der Waals surface area contributed by atoms with Gasteiger partial charge in [0.15, 0.2) is 0 Å². The van der Waals surface area contributed by atoms with Crippen LogP contribution < -0.4 is 5.32 Å². The minimum Gasteiger partial charge on any atom is -0.481 e. The predicted octanol–water partition coefficient (Wildman–Crippen LogP) is 1.43. The van der Waals surface area contributed by atoms with E-state index in [4.69, 9.17) is 5.11 Å². The Balaban J connectivity index is 2.41. The second kappa shape index (κ2) is 5.72. The van der Waals surface area contributed by atoms with E-state index >= 15 is 0 Å². The standard InChI is InChI=1S/C11H20N2O3/c1-8(7-10(14)15)12-11(16)13-6-4-3-5-9(13)2/h8-9H,3-7H2,1-2H3,(H,12,16)(H,14,15). The number of likely N-dealkylation sites (tertiary alicyclic amines) is 1. The van der Waals surface area contributed by atoms with Gasteiger partial charge in [-0.3, -0.25) is 4.79 Å². The van der Waals surface area contributed by atoms with Gasteiger partial charge in [0.25, 0.3) is 0 Å². The zero-order valence-electron chi connectivity index (χ0n) is 9.90. The van der Waals surface area contributed by atoms with Gasteiger partial charge in [-0.05, 0) is 33.1 Å². The molecular weight excluding hydrogens is 208 g/mol. The number of aliphatic carboxylic acids is 1. The molecule has 1 rings (SSSR count). The average Bonchev–Trinajstić information content (AvgIpc) is 2.16. The second-order valence-electron chi connectivity index (χ2n) is 4.49. The van der Waals surface area contributed by atoms with Crippen molar-refractivity contribution in [3.05, 3.63) is 0 Å². The minimum atomic E-state index is -0.889. The third-order valence-corrected chi connectivity index (χ3v) is 2.91. The molecule has 0 aromatic carbocycles. The summed E-state index contributed by atoms with van der Waals surface area (Å²) in [5, 5.41) is 11.3. The van der Waals surface area contributed by atoms with Crippen LogP contribution in [0.3, 0.4) is 0 Å². The number of urea groups is 1. The largest absolute Gasteiger partial charge is 0.481 e. The molecule has 2 unspecified atom stereocenters. The number of amides is 2. The Morgan fingerprint density at radius 3 is 2.75 bits per heavy atom. The summed E-state index contributed by atoms with van der Waals surface area (Å²) in [6.07, 6.45) is 3.19. The summed E-state index contributed by atoms with van der Waals surface area (Å²) >= 11 is 0. The monoisotopic (exact) mass is 228 g/mol. The van der Waals surface area contributed by atoms with E-state index in [1.54, 1.807) is 11.8 Å². The SMILES string of the molecule is CC(CC(=O)O)NC(=O)N1CCCCC1C. The lowest BCUT2D eigenvalue weighted by molar-refractivity contribution is -0.137. The van der Waals surface area contributed by atoms with Gasteiger partial charge in [-0.25, -0.2) is 4.79 Å². The van der Waals surface area contributed by atoms with Crippen molar-refractivity contribution in [1.82, 2.24) is 10.2 Å². The highest BCUT2D eigenvalue weighted by atomic mass is 16.4. The molecule has 0 aromatic heterocycles. The highest BCUT2D eigenvalue weighted by Crippen LogP contribution is 2.16. The summed E-state index contributed by atoms with van der Waals surface area (Å²) < 4.78 is 0. The Labute approximate surface area is 95.8 Å². The van der Waals surface area contributed by atoms with Crippen molar-refractivity contribution in [3.63, 3.8) is 0 Å². The number of piperidine rings is 1. The van der Waals surface area contributed by atoms with Gasteiger partial charge in [0.1, 0.15) is 0 Å². The minimum absolute atomic E-state index is 0.0338. The summed E-state index contributed by atoms with van der Waals surface area (Å²) in [4.78, 5) is 24.1. The van der Waals surface area contributed by atoms with Gasteiger partial charge < -0.3 is 15.3 Å². The molecule has 5 heteroatoms. The lowest BCUT2D eigenvalue weighted by Gasteiger charge is -2.34. The summed E-state index contributed by atoms with van der Waals surface area (Å²) in [5.41, 5.74) is 0. The Morgan fingerprint density at radius 1 is 1.50 bits per heavy atom. The van der Waals surface area contributed by atoms with Crippen molar-refractivity contribution in [2.75, 3.05) is 6.54 Å². The summed E-state index contributed by atoms with van der Waals surface area (Å²) in [6.45, 7) is 4.51. The van der Waals surface area contributed by atoms with E-state index < -0.39 is 5.97 Å². The molecule has 2 N–H and O–H groups in total. The first-order valence-corrected chi connectivity index (χ1v) is 5.79. The van der Waals surface area contributed by atoms with Gasteiger partial charge in [0.2, 0.25) is 0 Å². The van der Waals surface area contributed by atoms with Gasteiger partial charge in [-0.2, -0.15) is 0 Å². The van der Waals surface area contributed by atoms with Crippen LogP contribution in [0, 0.1) is 0 Å². The molecular formula is C11H20N2O3. The molecule has 92 valence electrons. The molecule has 2 atom stereocenters. The lowest BCUT2D eigenvalue weighted by Crippen LogP contribution is -2.50. The number of rotatable bonds is 3. The van der Waals surface area contributed by atoms with E-state index in [0.29, 0.717) is 0 Å². The van der Waals surface area contributed by atoms with E-state index in [1.165, 1.54) is 0 Å². The molecule has 2 amide bonds. The first-order chi connectivity index (χ1) is 7.50. The highest BCUT2D eigenvalue weighted by molar-refractivity contribution is 5.76. The number of nitrogens with zero attached hydrogens (tertiary/aromatic N) is 1. The van der Waals surface area contributed by atoms with Gasteiger partial charge >= 0.3 is 12.0 Å². The molecule has 0 aliphatic carbocycles. The van der Waals surface area contributed by atoms with E-state index in [2.05, 4.69) is 5.32 Å². The first-order valence-electron chi connectivity index (χ1n) is 5.79. The smallest absolute Gasteiger partial charge is 0.317 e. The van der Waals surface area contributed by atoms with Crippen molar-refractivity contribution in [3.8, 4) is 0 Å². The van der Waals surface area contributed by atoms with Crippen LogP contribution in [0.15, 0.2) is 0 Å². The number of hydrogen-bond donors (Lipinski definition) is 2. The number of carbonyl (C=O) groups excluding carboxylic acids is 1. The first kappa shape index (κ1) is 12.8. The number of carbonyl (C=O) groups is 2. The Bertz CT molecular complexity index is 268. The van der Waals surface area contributed by atoms with Crippen LogP contribution >= 0.6 is 0 Å². The zero-order valence-corrected chi connectivity index (χ0v) is 9.90. The number of carboxylic acid groups (broad SMARTS) is 1. The summed E-state index contributed by atoms with van der Waals surface area (Å²) in [7, 11) is 0. The van der Waals surface area contributed by atoms with Crippen molar-refractivity contribution in [1.29, 1.82) is 0 Å². The van der Waals surface area contributed by atoms with Crippen LogP contribution in [0.4, 0.5) is 4.79 Å². The molecule has 1 heterocycles. The molecule has 1 aliphatic rings. The molecule has 1 saturated heterocycles. The van der Waals surface area contributed by atoms with Crippen molar-refractivity contribution in [2.24, 2.45) is 0 Å². The van der Waals surface area contributed by atoms with Crippen LogP contribution in [0.25, 0.3) is 0 Å². The fourth-order valence-corrected chi connectivity index (χ4v) is 2.01. The Kier molecular flexibility index (Phi) is 4.58. The molecule has 0 bridgehead atoms. The number of hydrogen-bond acceptors (Lipinski definition) is 2. The predicted molar refractivity (Wildman–Crippen MR) is 60.3 cm³/mol. The third-order valence-electron chi connectivity index (χ3n) is 2.91. The Hall–Kier alpha value is -1.26. The quantitative estimate of drug-likeness (QED) is 0.767. The molecule has 1 aliphatic heterocycles. The van der Waals surface area contributed by atoms with Crippen LogP contribution in [0.5, 0.6) is 0 Å². The molecule has 1 fully saturated rings. The maximum absolute atomic E-state index is 11.8. The Morgan fingerprint density at radius 2 is 2.19 bits per heavy atom. The van der Waals surface area contributed by atoms with Gasteiger partial charge in [0.05, 0.1) is 6.42 Å². The van der Waals surface area contributed by atoms with E-state index in [1.807, 2.05) is 6.92 Å². The zero-order chi connectivity index (χ0) is 12.1. The van der Waals surface area contributed by atoms with Gasteiger partial charge in [-0.1, -0.05) is 0 Å². The molecule has 0 saturated carbocycles. The normalized spacial score (nSPS) is 22.6. The van der Waals surface area contributed by atoms with E-state index in [-0.39, 0.29) is 24.5 Å². The maximum atomic E-state index is 11.8. The van der Waals surface area contributed by atoms with Crippen molar-refractivity contribution in [2.45, 2.75) is 51.6 Å². The van der Waals surface area contributed by atoms with E-state index in [0.717, 1.165) is 25.8 Å².